The van der Waals surface area contributed by atoms with Crippen LogP contribution in [0.1, 0.15) is 5.82 Å². The van der Waals surface area contributed by atoms with E-state index in [9.17, 15) is 5.11 Å². The number of aryl methyl sites for hydroxylation is 1. The standard InChI is InChI=1S/C15H20ClN3O2/c1-19-9-8-18-15(19)6-7-17-10-13(20)11-21-14-4-2-12(16)3-5-14/h2-5,8-9,13,17,20H,6-7,10-11H2,1H3. The van der Waals surface area contributed by atoms with Crippen molar-refractivity contribution in [3.63, 3.8) is 0 Å². The quantitative estimate of drug-likeness (QED) is 0.728. The van der Waals surface area contributed by atoms with Crippen molar-refractivity contribution < 1.29 is 9.84 Å². The van der Waals surface area contributed by atoms with Gasteiger partial charge in [0.1, 0.15) is 24.3 Å². The van der Waals surface area contributed by atoms with Crippen LogP contribution in [0.3, 0.4) is 0 Å². The fraction of sp³-hybridized carbons (Fsp3) is 0.400. The van der Waals surface area contributed by atoms with Crippen LogP contribution >= 0.6 is 11.6 Å². The van der Waals surface area contributed by atoms with E-state index in [1.807, 2.05) is 17.8 Å². The first-order valence-electron chi connectivity index (χ1n) is 6.88. The summed E-state index contributed by atoms with van der Waals surface area (Å²) in [6.07, 6.45) is 3.98. The molecule has 0 saturated heterocycles. The highest BCUT2D eigenvalue weighted by Gasteiger charge is 2.05. The van der Waals surface area contributed by atoms with Crippen molar-refractivity contribution in [2.45, 2.75) is 12.5 Å². The molecule has 114 valence electrons. The molecule has 5 nitrogen and oxygen atoms in total. The first-order valence-corrected chi connectivity index (χ1v) is 7.26. The molecule has 0 spiro atoms. The fourth-order valence-electron chi connectivity index (χ4n) is 1.89. The van der Waals surface area contributed by atoms with E-state index in [-0.39, 0.29) is 6.61 Å². The summed E-state index contributed by atoms with van der Waals surface area (Å²) in [6.45, 7) is 1.50. The zero-order chi connectivity index (χ0) is 15.1. The lowest BCUT2D eigenvalue weighted by Crippen LogP contribution is -2.32. The first kappa shape index (κ1) is 15.8. The molecule has 0 aliphatic heterocycles. The van der Waals surface area contributed by atoms with Crippen LogP contribution in [0.25, 0.3) is 0 Å². The molecule has 0 fully saturated rings. The van der Waals surface area contributed by atoms with Gasteiger partial charge in [-0.2, -0.15) is 0 Å². The maximum absolute atomic E-state index is 9.84. The number of nitrogens with one attached hydrogen (secondary N) is 1. The summed E-state index contributed by atoms with van der Waals surface area (Å²) < 4.78 is 7.47. The number of ether oxygens (including phenoxy) is 1. The van der Waals surface area contributed by atoms with Crippen molar-refractivity contribution in [3.8, 4) is 5.75 Å². The van der Waals surface area contributed by atoms with Crippen LogP contribution in [0.5, 0.6) is 5.75 Å². The molecule has 1 aromatic carbocycles. The van der Waals surface area contributed by atoms with E-state index in [1.54, 1.807) is 30.5 Å². The van der Waals surface area contributed by atoms with Crippen LogP contribution in [0.2, 0.25) is 5.02 Å². The van der Waals surface area contributed by atoms with E-state index in [1.165, 1.54) is 0 Å². The molecule has 1 atom stereocenters. The minimum absolute atomic E-state index is 0.247. The van der Waals surface area contributed by atoms with Gasteiger partial charge < -0.3 is 19.7 Å². The van der Waals surface area contributed by atoms with E-state index in [0.29, 0.717) is 17.3 Å². The third kappa shape index (κ3) is 5.38. The summed E-state index contributed by atoms with van der Waals surface area (Å²) in [7, 11) is 1.97. The molecule has 1 aromatic heterocycles. The Morgan fingerprint density at radius 2 is 2.14 bits per heavy atom. The van der Waals surface area contributed by atoms with Gasteiger partial charge in [-0.25, -0.2) is 4.98 Å². The molecule has 2 aromatic rings. The Morgan fingerprint density at radius 3 is 2.81 bits per heavy atom. The maximum Gasteiger partial charge on any atom is 0.119 e. The lowest BCUT2D eigenvalue weighted by Gasteiger charge is -2.13. The van der Waals surface area contributed by atoms with Crippen LogP contribution in [0.4, 0.5) is 0 Å². The number of imidazole rings is 1. The average Bonchev–Trinajstić information content (AvgIpc) is 2.88. The minimum atomic E-state index is -0.554. The second-order valence-electron chi connectivity index (χ2n) is 4.83. The number of hydrogen-bond acceptors (Lipinski definition) is 4. The number of benzene rings is 1. The molecule has 2 rings (SSSR count). The second-order valence-corrected chi connectivity index (χ2v) is 5.26. The summed E-state index contributed by atoms with van der Waals surface area (Å²) in [4.78, 5) is 4.24. The Kier molecular flexibility index (Phi) is 6.04. The van der Waals surface area contributed by atoms with Crippen molar-refractivity contribution >= 4 is 11.6 Å². The van der Waals surface area contributed by atoms with Crippen LogP contribution < -0.4 is 10.1 Å². The van der Waals surface area contributed by atoms with E-state index < -0.39 is 6.10 Å². The number of nitrogens with zero attached hydrogens (tertiary/aromatic N) is 2. The summed E-state index contributed by atoms with van der Waals surface area (Å²) in [5.74, 6) is 1.72. The van der Waals surface area contributed by atoms with E-state index in [4.69, 9.17) is 16.3 Å². The molecule has 0 aliphatic rings. The van der Waals surface area contributed by atoms with Crippen molar-refractivity contribution in [1.82, 2.24) is 14.9 Å². The van der Waals surface area contributed by atoms with Gasteiger partial charge in [-0.3, -0.25) is 0 Å². The van der Waals surface area contributed by atoms with Gasteiger partial charge in [-0.05, 0) is 24.3 Å². The van der Waals surface area contributed by atoms with Gasteiger partial charge in [-0.15, -0.1) is 0 Å². The van der Waals surface area contributed by atoms with Gasteiger partial charge in [-0.1, -0.05) is 11.6 Å². The maximum atomic E-state index is 9.84. The summed E-state index contributed by atoms with van der Waals surface area (Å²) in [6, 6.07) is 7.08. The third-order valence-corrected chi connectivity index (χ3v) is 3.33. The summed E-state index contributed by atoms with van der Waals surface area (Å²) in [5.41, 5.74) is 0. The highest BCUT2D eigenvalue weighted by atomic mass is 35.5. The molecule has 0 aliphatic carbocycles. The van der Waals surface area contributed by atoms with Gasteiger partial charge in [0, 0.05) is 44.0 Å². The molecule has 0 saturated carbocycles. The van der Waals surface area contributed by atoms with Crippen LogP contribution in [-0.4, -0.2) is 40.5 Å². The summed E-state index contributed by atoms with van der Waals surface area (Å²) in [5, 5.41) is 13.7. The monoisotopic (exact) mass is 309 g/mol. The number of aliphatic hydroxyl groups excluding tert-OH is 1. The topological polar surface area (TPSA) is 59.3 Å². The van der Waals surface area contributed by atoms with Crippen LogP contribution in [0, 0.1) is 0 Å². The fourth-order valence-corrected chi connectivity index (χ4v) is 2.01. The normalized spacial score (nSPS) is 12.3. The van der Waals surface area contributed by atoms with Crippen molar-refractivity contribution in [3.05, 3.63) is 47.5 Å². The lowest BCUT2D eigenvalue weighted by atomic mass is 10.3. The lowest BCUT2D eigenvalue weighted by molar-refractivity contribution is 0.106. The molecule has 21 heavy (non-hydrogen) atoms. The van der Waals surface area contributed by atoms with Crippen molar-refractivity contribution in [2.24, 2.45) is 7.05 Å². The minimum Gasteiger partial charge on any atom is -0.491 e. The van der Waals surface area contributed by atoms with E-state index in [2.05, 4.69) is 10.3 Å². The SMILES string of the molecule is Cn1ccnc1CCNCC(O)COc1ccc(Cl)cc1. The number of halogens is 1. The second kappa shape index (κ2) is 8.02. The molecule has 0 radical (unpaired) electrons. The Bertz CT molecular complexity index is 542. The number of aliphatic hydroxyl groups is 1. The molecule has 6 heteroatoms. The van der Waals surface area contributed by atoms with Gasteiger partial charge in [0.25, 0.3) is 0 Å². The molecular weight excluding hydrogens is 290 g/mol. The van der Waals surface area contributed by atoms with Crippen LogP contribution in [0.15, 0.2) is 36.7 Å². The third-order valence-electron chi connectivity index (χ3n) is 3.08. The van der Waals surface area contributed by atoms with Crippen molar-refractivity contribution in [2.75, 3.05) is 19.7 Å². The van der Waals surface area contributed by atoms with Crippen LogP contribution in [-0.2, 0) is 13.5 Å². The van der Waals surface area contributed by atoms with Gasteiger partial charge in [0.2, 0.25) is 0 Å². The Hall–Kier alpha value is -1.56. The largest absolute Gasteiger partial charge is 0.491 e. The van der Waals surface area contributed by atoms with E-state index in [0.717, 1.165) is 18.8 Å². The first-order chi connectivity index (χ1) is 10.1. The molecule has 0 amide bonds. The Morgan fingerprint density at radius 1 is 1.38 bits per heavy atom. The van der Waals surface area contributed by atoms with Gasteiger partial charge in [0.15, 0.2) is 0 Å². The zero-order valence-electron chi connectivity index (χ0n) is 12.0. The average molecular weight is 310 g/mol. The smallest absolute Gasteiger partial charge is 0.119 e. The summed E-state index contributed by atoms with van der Waals surface area (Å²) >= 11 is 5.79. The molecular formula is C15H20ClN3O2. The predicted octanol–water partition coefficient (Wildman–Crippen LogP) is 1.65. The number of hydrogen-bond donors (Lipinski definition) is 2. The highest BCUT2D eigenvalue weighted by Crippen LogP contribution is 2.15. The molecule has 2 N–H and O–H groups in total. The predicted molar refractivity (Wildman–Crippen MR) is 82.7 cm³/mol. The number of aromatic nitrogens is 2. The number of rotatable bonds is 8. The highest BCUT2D eigenvalue weighted by molar-refractivity contribution is 6.30. The Balaban J connectivity index is 1.60. The van der Waals surface area contributed by atoms with E-state index >= 15 is 0 Å². The molecule has 1 heterocycles. The van der Waals surface area contributed by atoms with Gasteiger partial charge >= 0.3 is 0 Å². The molecule has 1 unspecified atom stereocenters. The van der Waals surface area contributed by atoms with Crippen molar-refractivity contribution in [1.29, 1.82) is 0 Å². The molecule has 0 bridgehead atoms. The zero-order valence-corrected chi connectivity index (χ0v) is 12.8. The Labute approximate surface area is 129 Å². The van der Waals surface area contributed by atoms with Gasteiger partial charge in [0.05, 0.1) is 0 Å².